The Morgan fingerprint density at radius 1 is 1.41 bits per heavy atom. The summed E-state index contributed by atoms with van der Waals surface area (Å²) in [6, 6.07) is 6.43. The third kappa shape index (κ3) is 2.31. The molecule has 3 heteroatoms. The van der Waals surface area contributed by atoms with Crippen LogP contribution in [0, 0.1) is 6.92 Å². The smallest absolute Gasteiger partial charge is 0.121 e. The standard InChI is InChI=1S/C14H21NO2/c1-4-15-8-14(9-17-10-14)12-5-6-13(16-3)11(2)7-12/h5-7,15H,4,8-10H2,1-3H3. The van der Waals surface area contributed by atoms with Gasteiger partial charge in [0, 0.05) is 6.54 Å². The van der Waals surface area contributed by atoms with Crippen molar-refractivity contribution in [2.45, 2.75) is 19.3 Å². The van der Waals surface area contributed by atoms with E-state index in [4.69, 9.17) is 9.47 Å². The van der Waals surface area contributed by atoms with E-state index in [0.29, 0.717) is 0 Å². The zero-order valence-electron chi connectivity index (χ0n) is 10.9. The molecule has 1 aliphatic heterocycles. The molecule has 1 N–H and O–H groups in total. The lowest BCUT2D eigenvalue weighted by Gasteiger charge is -2.42. The summed E-state index contributed by atoms with van der Waals surface area (Å²) < 4.78 is 10.7. The Balaban J connectivity index is 2.22. The predicted molar refractivity (Wildman–Crippen MR) is 68.8 cm³/mol. The maximum atomic E-state index is 5.41. The lowest BCUT2D eigenvalue weighted by Crippen LogP contribution is -2.53. The third-order valence-corrected chi connectivity index (χ3v) is 3.48. The second kappa shape index (κ2) is 5.07. The van der Waals surface area contributed by atoms with Gasteiger partial charge in [0.25, 0.3) is 0 Å². The van der Waals surface area contributed by atoms with E-state index in [1.807, 2.05) is 0 Å². The minimum atomic E-state index is 0.160. The molecule has 1 heterocycles. The molecule has 0 saturated carbocycles. The number of hydrogen-bond donors (Lipinski definition) is 1. The molecular formula is C14H21NO2. The molecule has 1 aromatic carbocycles. The van der Waals surface area contributed by atoms with Gasteiger partial charge in [0.2, 0.25) is 0 Å². The summed E-state index contributed by atoms with van der Waals surface area (Å²) in [7, 11) is 1.71. The first-order chi connectivity index (χ1) is 8.22. The van der Waals surface area contributed by atoms with Crippen molar-refractivity contribution < 1.29 is 9.47 Å². The molecule has 0 atom stereocenters. The summed E-state index contributed by atoms with van der Waals surface area (Å²) in [5, 5.41) is 3.43. The Hall–Kier alpha value is -1.06. The summed E-state index contributed by atoms with van der Waals surface area (Å²) >= 11 is 0. The van der Waals surface area contributed by atoms with Crippen LogP contribution >= 0.6 is 0 Å². The highest BCUT2D eigenvalue weighted by Crippen LogP contribution is 2.34. The highest BCUT2D eigenvalue weighted by atomic mass is 16.5. The minimum Gasteiger partial charge on any atom is -0.496 e. The molecular weight excluding hydrogens is 214 g/mol. The molecule has 94 valence electrons. The Bertz CT molecular complexity index is 386. The van der Waals surface area contributed by atoms with Crippen LogP contribution in [0.3, 0.4) is 0 Å². The van der Waals surface area contributed by atoms with Crippen molar-refractivity contribution in [1.82, 2.24) is 5.32 Å². The van der Waals surface area contributed by atoms with Gasteiger partial charge in [-0.3, -0.25) is 0 Å². The largest absolute Gasteiger partial charge is 0.496 e. The van der Waals surface area contributed by atoms with Gasteiger partial charge >= 0.3 is 0 Å². The number of ether oxygens (including phenoxy) is 2. The fourth-order valence-electron chi connectivity index (χ4n) is 2.29. The highest BCUT2D eigenvalue weighted by molar-refractivity contribution is 5.40. The molecule has 1 fully saturated rings. The van der Waals surface area contributed by atoms with Gasteiger partial charge in [-0.15, -0.1) is 0 Å². The summed E-state index contributed by atoms with van der Waals surface area (Å²) in [6.07, 6.45) is 0. The van der Waals surface area contributed by atoms with Gasteiger partial charge in [-0.05, 0) is 30.7 Å². The molecule has 0 unspecified atom stereocenters. The second-order valence-corrected chi connectivity index (χ2v) is 4.74. The lowest BCUT2D eigenvalue weighted by atomic mass is 9.78. The first-order valence-corrected chi connectivity index (χ1v) is 6.15. The van der Waals surface area contributed by atoms with Crippen molar-refractivity contribution in [3.8, 4) is 5.75 Å². The number of hydrogen-bond acceptors (Lipinski definition) is 3. The normalized spacial score (nSPS) is 17.6. The number of methoxy groups -OCH3 is 1. The van der Waals surface area contributed by atoms with Crippen LogP contribution in [0.2, 0.25) is 0 Å². The van der Waals surface area contributed by atoms with E-state index >= 15 is 0 Å². The maximum absolute atomic E-state index is 5.41. The monoisotopic (exact) mass is 235 g/mol. The van der Waals surface area contributed by atoms with Crippen LogP contribution in [0.15, 0.2) is 18.2 Å². The number of likely N-dealkylation sites (N-methyl/N-ethyl adjacent to an activating group) is 1. The van der Waals surface area contributed by atoms with Crippen molar-refractivity contribution in [3.05, 3.63) is 29.3 Å². The SMILES string of the molecule is CCNCC1(c2ccc(OC)c(C)c2)COC1. The van der Waals surface area contributed by atoms with Gasteiger partial charge in [0.05, 0.1) is 25.7 Å². The van der Waals surface area contributed by atoms with Crippen LogP contribution in [0.4, 0.5) is 0 Å². The summed E-state index contributed by atoms with van der Waals surface area (Å²) in [5.74, 6) is 0.951. The van der Waals surface area contributed by atoms with Gasteiger partial charge in [-0.25, -0.2) is 0 Å². The zero-order valence-corrected chi connectivity index (χ0v) is 10.9. The molecule has 0 radical (unpaired) electrons. The third-order valence-electron chi connectivity index (χ3n) is 3.48. The van der Waals surface area contributed by atoms with Gasteiger partial charge in [0.1, 0.15) is 5.75 Å². The number of nitrogens with one attached hydrogen (secondary N) is 1. The fraction of sp³-hybridized carbons (Fsp3) is 0.571. The Morgan fingerprint density at radius 2 is 2.18 bits per heavy atom. The van der Waals surface area contributed by atoms with E-state index in [1.165, 1.54) is 11.1 Å². The lowest BCUT2D eigenvalue weighted by molar-refractivity contribution is -0.0588. The maximum Gasteiger partial charge on any atom is 0.121 e. The zero-order chi connectivity index (χ0) is 12.3. The Labute approximate surface area is 103 Å². The Kier molecular flexibility index (Phi) is 3.69. The van der Waals surface area contributed by atoms with E-state index in [1.54, 1.807) is 7.11 Å². The molecule has 2 rings (SSSR count). The minimum absolute atomic E-state index is 0.160. The second-order valence-electron chi connectivity index (χ2n) is 4.74. The van der Waals surface area contributed by atoms with Crippen LogP contribution < -0.4 is 10.1 Å². The molecule has 1 saturated heterocycles. The molecule has 1 aromatic rings. The molecule has 3 nitrogen and oxygen atoms in total. The first kappa shape index (κ1) is 12.4. The molecule has 0 spiro atoms. The molecule has 1 aliphatic rings. The predicted octanol–water partition coefficient (Wildman–Crippen LogP) is 1.88. The molecule has 0 aromatic heterocycles. The van der Waals surface area contributed by atoms with E-state index in [0.717, 1.165) is 32.1 Å². The van der Waals surface area contributed by atoms with Crippen molar-refractivity contribution in [1.29, 1.82) is 0 Å². The summed E-state index contributed by atoms with van der Waals surface area (Å²) in [4.78, 5) is 0. The van der Waals surface area contributed by atoms with Gasteiger partial charge in [-0.2, -0.15) is 0 Å². The summed E-state index contributed by atoms with van der Waals surface area (Å²) in [5.41, 5.74) is 2.70. The van der Waals surface area contributed by atoms with Gasteiger partial charge in [-0.1, -0.05) is 19.1 Å². The molecule has 0 bridgehead atoms. The molecule has 0 aliphatic carbocycles. The van der Waals surface area contributed by atoms with Gasteiger partial charge < -0.3 is 14.8 Å². The van der Waals surface area contributed by atoms with Crippen molar-refractivity contribution >= 4 is 0 Å². The van der Waals surface area contributed by atoms with E-state index < -0.39 is 0 Å². The van der Waals surface area contributed by atoms with Crippen LogP contribution in [-0.2, 0) is 10.2 Å². The quantitative estimate of drug-likeness (QED) is 0.845. The van der Waals surface area contributed by atoms with Crippen LogP contribution in [-0.4, -0.2) is 33.4 Å². The van der Waals surface area contributed by atoms with Crippen molar-refractivity contribution in [2.75, 3.05) is 33.4 Å². The van der Waals surface area contributed by atoms with Crippen LogP contribution in [0.5, 0.6) is 5.75 Å². The van der Waals surface area contributed by atoms with Crippen molar-refractivity contribution in [3.63, 3.8) is 0 Å². The summed E-state index contributed by atoms with van der Waals surface area (Å²) in [6.45, 7) is 7.82. The average Bonchev–Trinajstić information content (AvgIpc) is 2.28. The first-order valence-electron chi connectivity index (χ1n) is 6.15. The number of benzene rings is 1. The average molecular weight is 235 g/mol. The van der Waals surface area contributed by atoms with E-state index in [-0.39, 0.29) is 5.41 Å². The fourth-order valence-corrected chi connectivity index (χ4v) is 2.29. The van der Waals surface area contributed by atoms with Crippen LogP contribution in [0.25, 0.3) is 0 Å². The Morgan fingerprint density at radius 3 is 2.65 bits per heavy atom. The molecule has 17 heavy (non-hydrogen) atoms. The molecule has 0 amide bonds. The van der Waals surface area contributed by atoms with Crippen molar-refractivity contribution in [2.24, 2.45) is 0 Å². The number of rotatable bonds is 5. The highest BCUT2D eigenvalue weighted by Gasteiger charge is 2.40. The number of aryl methyl sites for hydroxylation is 1. The van der Waals surface area contributed by atoms with Gasteiger partial charge in [0.15, 0.2) is 0 Å². The van der Waals surface area contributed by atoms with E-state index in [2.05, 4.69) is 37.4 Å². The van der Waals surface area contributed by atoms with Crippen LogP contribution in [0.1, 0.15) is 18.1 Å². The topological polar surface area (TPSA) is 30.5 Å². The van der Waals surface area contributed by atoms with E-state index in [9.17, 15) is 0 Å².